The van der Waals surface area contributed by atoms with Crippen LogP contribution in [0, 0.1) is 11.8 Å². The van der Waals surface area contributed by atoms with Crippen molar-refractivity contribution >= 4 is 11.9 Å². The van der Waals surface area contributed by atoms with Gasteiger partial charge in [0.25, 0.3) is 0 Å². The molecule has 1 saturated carbocycles. The summed E-state index contributed by atoms with van der Waals surface area (Å²) >= 11 is 0. The molecule has 0 amide bonds. The first-order valence-electron chi connectivity index (χ1n) is 7.31. The second kappa shape index (κ2) is 6.17. The van der Waals surface area contributed by atoms with Crippen LogP contribution in [0.2, 0.25) is 0 Å². The number of nitrogen functional groups attached to an aromatic ring is 1. The third-order valence-electron chi connectivity index (χ3n) is 3.73. The predicted molar refractivity (Wildman–Crippen MR) is 78.2 cm³/mol. The predicted octanol–water partition coefficient (Wildman–Crippen LogP) is 2.78. The van der Waals surface area contributed by atoms with Gasteiger partial charge < -0.3 is 11.1 Å². The molecule has 6 nitrogen and oxygen atoms in total. The number of nitrogens with zero attached hydrogens (tertiary/aromatic N) is 4. The van der Waals surface area contributed by atoms with Crippen LogP contribution in [0.5, 0.6) is 0 Å². The molecule has 0 bridgehead atoms. The Morgan fingerprint density at radius 1 is 1.04 bits per heavy atom. The minimum atomic E-state index is -2.66. The molecule has 2 aromatic heterocycles. The zero-order valence-electron chi connectivity index (χ0n) is 12.4. The highest BCUT2D eigenvalue weighted by Crippen LogP contribution is 2.34. The van der Waals surface area contributed by atoms with Crippen molar-refractivity contribution in [1.82, 2.24) is 19.9 Å². The number of nitrogens with two attached hydrogens (primary N) is 1. The molecule has 128 valence electrons. The van der Waals surface area contributed by atoms with Gasteiger partial charge in [0.2, 0.25) is 23.8 Å². The summed E-state index contributed by atoms with van der Waals surface area (Å²) in [5, 5.41) is 2.88. The van der Waals surface area contributed by atoms with Gasteiger partial charge in [-0.1, -0.05) is 0 Å². The van der Waals surface area contributed by atoms with Crippen LogP contribution in [-0.4, -0.2) is 31.9 Å². The summed E-state index contributed by atoms with van der Waals surface area (Å²) in [6.07, 6.45) is -0.00264. The summed E-state index contributed by atoms with van der Waals surface area (Å²) < 4.78 is 53.3. The average molecular weight is 342 g/mol. The first-order valence-corrected chi connectivity index (χ1v) is 7.31. The second-order valence-corrected chi connectivity index (χ2v) is 5.58. The maximum atomic E-state index is 13.8. The molecule has 0 aromatic carbocycles. The van der Waals surface area contributed by atoms with Crippen molar-refractivity contribution < 1.29 is 17.6 Å². The molecule has 2 aromatic rings. The second-order valence-electron chi connectivity index (χ2n) is 5.58. The fourth-order valence-electron chi connectivity index (χ4n) is 2.50. The van der Waals surface area contributed by atoms with Gasteiger partial charge in [0, 0.05) is 18.9 Å². The summed E-state index contributed by atoms with van der Waals surface area (Å²) in [6.45, 7) is 0. The van der Waals surface area contributed by atoms with Gasteiger partial charge >= 0.3 is 0 Å². The van der Waals surface area contributed by atoms with Gasteiger partial charge in [-0.2, -0.15) is 19.3 Å². The molecule has 0 radical (unpaired) electrons. The number of nitrogens with one attached hydrogen (secondary N) is 1. The standard InChI is InChI=1S/C14H14F4N6/c15-8-1-2-9(16)21-10(8)11-22-12(19)24-13(23-11)20-7-3-5-14(17,18)6-4-7/h1-2,7H,3-6H2,(H3,19,20,22,23,24). The molecular weight excluding hydrogens is 328 g/mol. The first-order chi connectivity index (χ1) is 11.3. The molecule has 24 heavy (non-hydrogen) atoms. The molecule has 0 spiro atoms. The van der Waals surface area contributed by atoms with Crippen molar-refractivity contribution in [2.75, 3.05) is 11.1 Å². The molecule has 0 saturated heterocycles. The molecule has 0 atom stereocenters. The van der Waals surface area contributed by atoms with E-state index in [1.807, 2.05) is 0 Å². The highest BCUT2D eigenvalue weighted by atomic mass is 19.3. The number of hydrogen-bond acceptors (Lipinski definition) is 6. The number of rotatable bonds is 3. The lowest BCUT2D eigenvalue weighted by molar-refractivity contribution is -0.0361. The summed E-state index contributed by atoms with van der Waals surface area (Å²) in [7, 11) is 0. The lowest BCUT2D eigenvalue weighted by Gasteiger charge is -2.28. The molecule has 10 heteroatoms. The Morgan fingerprint density at radius 2 is 1.75 bits per heavy atom. The van der Waals surface area contributed by atoms with Crippen LogP contribution in [0.25, 0.3) is 11.5 Å². The smallest absolute Gasteiger partial charge is 0.248 e. The van der Waals surface area contributed by atoms with E-state index in [4.69, 9.17) is 5.73 Å². The van der Waals surface area contributed by atoms with Crippen LogP contribution in [-0.2, 0) is 0 Å². The van der Waals surface area contributed by atoms with Gasteiger partial charge in [0.1, 0.15) is 5.69 Å². The molecule has 3 N–H and O–H groups in total. The fourth-order valence-corrected chi connectivity index (χ4v) is 2.50. The molecule has 1 aliphatic carbocycles. The van der Waals surface area contributed by atoms with E-state index < -0.39 is 23.4 Å². The van der Waals surface area contributed by atoms with Crippen molar-refractivity contribution in [3.05, 3.63) is 23.9 Å². The van der Waals surface area contributed by atoms with Gasteiger partial charge in [-0.3, -0.25) is 0 Å². The van der Waals surface area contributed by atoms with Gasteiger partial charge in [-0.05, 0) is 25.0 Å². The van der Waals surface area contributed by atoms with Crippen molar-refractivity contribution in [3.8, 4) is 11.5 Å². The Hall–Kier alpha value is -2.52. The van der Waals surface area contributed by atoms with Gasteiger partial charge in [0.15, 0.2) is 11.6 Å². The topological polar surface area (TPSA) is 89.6 Å². The van der Waals surface area contributed by atoms with Crippen LogP contribution in [0.4, 0.5) is 29.5 Å². The lowest BCUT2D eigenvalue weighted by Crippen LogP contribution is -2.32. The number of hydrogen-bond donors (Lipinski definition) is 2. The Morgan fingerprint density at radius 3 is 2.46 bits per heavy atom. The minimum Gasteiger partial charge on any atom is -0.368 e. The highest BCUT2D eigenvalue weighted by Gasteiger charge is 2.35. The van der Waals surface area contributed by atoms with Crippen molar-refractivity contribution in [3.63, 3.8) is 0 Å². The maximum Gasteiger partial charge on any atom is 0.248 e. The fraction of sp³-hybridized carbons (Fsp3) is 0.429. The van der Waals surface area contributed by atoms with Crippen LogP contribution in [0.3, 0.4) is 0 Å². The summed E-state index contributed by atoms with van der Waals surface area (Å²) in [6, 6.07) is 1.50. The Balaban J connectivity index is 1.83. The maximum absolute atomic E-state index is 13.8. The Labute approximate surface area is 134 Å². The number of anilines is 2. The van der Waals surface area contributed by atoms with Crippen molar-refractivity contribution in [1.29, 1.82) is 0 Å². The number of halogens is 4. The highest BCUT2D eigenvalue weighted by molar-refractivity contribution is 5.53. The van der Waals surface area contributed by atoms with Crippen molar-refractivity contribution in [2.24, 2.45) is 0 Å². The zero-order chi connectivity index (χ0) is 17.3. The third-order valence-corrected chi connectivity index (χ3v) is 3.73. The lowest BCUT2D eigenvalue weighted by atomic mass is 9.92. The van der Waals surface area contributed by atoms with Crippen LogP contribution >= 0.6 is 0 Å². The monoisotopic (exact) mass is 342 g/mol. The van der Waals surface area contributed by atoms with Crippen LogP contribution in [0.1, 0.15) is 25.7 Å². The van der Waals surface area contributed by atoms with E-state index in [9.17, 15) is 17.6 Å². The normalized spacial score (nSPS) is 17.7. The van der Waals surface area contributed by atoms with E-state index in [-0.39, 0.29) is 49.4 Å². The molecule has 3 rings (SSSR count). The Bertz CT molecular complexity index is 744. The van der Waals surface area contributed by atoms with E-state index in [1.54, 1.807) is 0 Å². The summed E-state index contributed by atoms with van der Waals surface area (Å²) in [5.74, 6) is -4.80. The number of pyridine rings is 1. The van der Waals surface area contributed by atoms with Gasteiger partial charge in [0.05, 0.1) is 0 Å². The van der Waals surface area contributed by atoms with Gasteiger partial charge in [-0.25, -0.2) is 18.2 Å². The largest absolute Gasteiger partial charge is 0.368 e. The summed E-state index contributed by atoms with van der Waals surface area (Å²) in [4.78, 5) is 15.0. The molecule has 2 heterocycles. The average Bonchev–Trinajstić information content (AvgIpc) is 2.51. The molecule has 1 fully saturated rings. The summed E-state index contributed by atoms with van der Waals surface area (Å²) in [5.41, 5.74) is 5.17. The first kappa shape index (κ1) is 16.3. The van der Waals surface area contributed by atoms with E-state index in [0.29, 0.717) is 0 Å². The molecule has 0 aliphatic heterocycles. The third kappa shape index (κ3) is 3.69. The van der Waals surface area contributed by atoms with E-state index in [2.05, 4.69) is 25.3 Å². The van der Waals surface area contributed by atoms with Gasteiger partial charge in [-0.15, -0.1) is 0 Å². The molecule has 0 unspecified atom stereocenters. The van der Waals surface area contributed by atoms with E-state index in [0.717, 1.165) is 12.1 Å². The van der Waals surface area contributed by atoms with Crippen LogP contribution < -0.4 is 11.1 Å². The quantitative estimate of drug-likeness (QED) is 0.658. The van der Waals surface area contributed by atoms with E-state index >= 15 is 0 Å². The number of alkyl halides is 2. The van der Waals surface area contributed by atoms with Crippen molar-refractivity contribution in [2.45, 2.75) is 37.6 Å². The molecular formula is C14H14F4N6. The Kier molecular flexibility index (Phi) is 4.20. The van der Waals surface area contributed by atoms with E-state index in [1.165, 1.54) is 0 Å². The number of aromatic nitrogens is 4. The molecule has 1 aliphatic rings. The SMILES string of the molecule is Nc1nc(NC2CCC(F)(F)CC2)nc(-c2nc(F)ccc2F)n1. The minimum absolute atomic E-state index is 0.0122. The van der Waals surface area contributed by atoms with Crippen LogP contribution in [0.15, 0.2) is 12.1 Å². The zero-order valence-corrected chi connectivity index (χ0v) is 12.4.